The maximum absolute atomic E-state index is 14.1. The van der Waals surface area contributed by atoms with Crippen LogP contribution in [0.25, 0.3) is 0 Å². The Kier molecular flexibility index (Phi) is 4.27. The van der Waals surface area contributed by atoms with E-state index in [1.165, 1.54) is 12.1 Å². The molecule has 2 aromatic rings. The molecule has 0 amide bonds. The Balaban J connectivity index is 2.48. The number of benzene rings is 2. The lowest BCUT2D eigenvalue weighted by Gasteiger charge is -2.20. The molecule has 0 spiro atoms. The fourth-order valence-electron chi connectivity index (χ4n) is 2.17. The molecule has 0 fully saturated rings. The molecule has 0 aromatic heterocycles. The van der Waals surface area contributed by atoms with Crippen LogP contribution in [0.4, 0.5) is 8.78 Å². The second-order valence-electron chi connectivity index (χ2n) is 4.54. The van der Waals surface area contributed by atoms with Crippen LogP contribution in [0.3, 0.4) is 0 Å². The molecule has 0 saturated carbocycles. The highest BCUT2D eigenvalue weighted by molar-refractivity contribution is 5.35. The van der Waals surface area contributed by atoms with Gasteiger partial charge in [-0.1, -0.05) is 37.3 Å². The summed E-state index contributed by atoms with van der Waals surface area (Å²) < 4.78 is 28.0. The van der Waals surface area contributed by atoms with Gasteiger partial charge in [-0.05, 0) is 31.2 Å². The van der Waals surface area contributed by atoms with Gasteiger partial charge in [-0.3, -0.25) is 0 Å². The molecule has 1 unspecified atom stereocenters. The Morgan fingerprint density at radius 2 is 1.68 bits per heavy atom. The van der Waals surface area contributed by atoms with E-state index in [1.54, 1.807) is 24.3 Å². The summed E-state index contributed by atoms with van der Waals surface area (Å²) >= 11 is 0. The highest BCUT2D eigenvalue weighted by Crippen LogP contribution is 2.26. The maximum atomic E-state index is 14.1. The summed E-state index contributed by atoms with van der Waals surface area (Å²) in [6.07, 6.45) is 0. The Morgan fingerprint density at radius 1 is 1.00 bits per heavy atom. The number of aryl methyl sites for hydroxylation is 1. The Bertz CT molecular complexity index is 566. The summed E-state index contributed by atoms with van der Waals surface area (Å²) in [6, 6.07) is 11.0. The van der Waals surface area contributed by atoms with Gasteiger partial charge in [0.25, 0.3) is 0 Å². The highest BCUT2D eigenvalue weighted by Gasteiger charge is 2.19. The van der Waals surface area contributed by atoms with Crippen LogP contribution >= 0.6 is 0 Å². The van der Waals surface area contributed by atoms with Gasteiger partial charge < -0.3 is 5.32 Å². The summed E-state index contributed by atoms with van der Waals surface area (Å²) in [5.41, 5.74) is 1.79. The van der Waals surface area contributed by atoms with Crippen LogP contribution in [0.15, 0.2) is 42.5 Å². The van der Waals surface area contributed by atoms with E-state index in [1.807, 2.05) is 19.9 Å². The van der Waals surface area contributed by atoms with Gasteiger partial charge in [0.2, 0.25) is 0 Å². The minimum atomic E-state index is -0.466. The fourth-order valence-corrected chi connectivity index (χ4v) is 2.17. The molecule has 0 aliphatic carbocycles. The van der Waals surface area contributed by atoms with E-state index in [0.717, 1.165) is 5.56 Å². The van der Waals surface area contributed by atoms with Crippen LogP contribution in [0.5, 0.6) is 0 Å². The molecule has 1 atom stereocenters. The van der Waals surface area contributed by atoms with Crippen LogP contribution in [0.2, 0.25) is 0 Å². The average molecular weight is 261 g/mol. The van der Waals surface area contributed by atoms with E-state index in [9.17, 15) is 8.78 Å². The lowest BCUT2D eigenvalue weighted by molar-refractivity contribution is 0.530. The van der Waals surface area contributed by atoms with E-state index in [2.05, 4.69) is 5.32 Å². The standard InChI is InChI=1S/C16H17F2N/c1-3-19-16(12-6-4-5-7-14(12)17)13-9-8-11(2)10-15(13)18/h4-10,16,19H,3H2,1-2H3. The minimum absolute atomic E-state index is 0.311. The van der Waals surface area contributed by atoms with Gasteiger partial charge in [-0.25, -0.2) is 8.78 Å². The molecule has 0 bridgehead atoms. The SMILES string of the molecule is CCNC(c1ccccc1F)c1ccc(C)cc1F. The molecule has 0 heterocycles. The highest BCUT2D eigenvalue weighted by atomic mass is 19.1. The van der Waals surface area contributed by atoms with E-state index in [4.69, 9.17) is 0 Å². The van der Waals surface area contributed by atoms with Crippen molar-refractivity contribution in [3.05, 3.63) is 70.8 Å². The number of hydrogen-bond acceptors (Lipinski definition) is 1. The van der Waals surface area contributed by atoms with Crippen molar-refractivity contribution in [2.24, 2.45) is 0 Å². The van der Waals surface area contributed by atoms with Gasteiger partial charge in [0, 0.05) is 11.1 Å². The number of nitrogens with one attached hydrogen (secondary N) is 1. The van der Waals surface area contributed by atoms with Gasteiger partial charge in [0.1, 0.15) is 11.6 Å². The Morgan fingerprint density at radius 3 is 2.32 bits per heavy atom. The first-order valence-corrected chi connectivity index (χ1v) is 6.37. The topological polar surface area (TPSA) is 12.0 Å². The Hall–Kier alpha value is -1.74. The monoisotopic (exact) mass is 261 g/mol. The Labute approximate surface area is 112 Å². The zero-order valence-corrected chi connectivity index (χ0v) is 11.1. The van der Waals surface area contributed by atoms with Gasteiger partial charge in [0.15, 0.2) is 0 Å². The molecule has 0 aliphatic rings. The molecule has 0 radical (unpaired) electrons. The zero-order chi connectivity index (χ0) is 13.8. The minimum Gasteiger partial charge on any atom is -0.306 e. The quantitative estimate of drug-likeness (QED) is 0.878. The summed E-state index contributed by atoms with van der Waals surface area (Å²) in [5.74, 6) is -0.636. The number of rotatable bonds is 4. The fraction of sp³-hybridized carbons (Fsp3) is 0.250. The van der Waals surface area contributed by atoms with Gasteiger partial charge in [-0.2, -0.15) is 0 Å². The third-order valence-corrected chi connectivity index (χ3v) is 3.09. The van der Waals surface area contributed by atoms with E-state index >= 15 is 0 Å². The second kappa shape index (κ2) is 5.93. The summed E-state index contributed by atoms with van der Waals surface area (Å²) in [6.45, 7) is 4.38. The first kappa shape index (κ1) is 13.7. The molecule has 19 heavy (non-hydrogen) atoms. The predicted octanol–water partition coefficient (Wildman–Crippen LogP) is 3.97. The summed E-state index contributed by atoms with van der Waals surface area (Å²) in [4.78, 5) is 0. The van der Waals surface area contributed by atoms with Crippen molar-refractivity contribution in [1.82, 2.24) is 5.32 Å². The maximum Gasteiger partial charge on any atom is 0.128 e. The molecular weight excluding hydrogens is 244 g/mol. The third-order valence-electron chi connectivity index (χ3n) is 3.09. The van der Waals surface area contributed by atoms with E-state index in [-0.39, 0.29) is 11.6 Å². The normalized spacial score (nSPS) is 12.4. The van der Waals surface area contributed by atoms with Crippen molar-refractivity contribution in [2.45, 2.75) is 19.9 Å². The van der Waals surface area contributed by atoms with Crippen molar-refractivity contribution in [2.75, 3.05) is 6.54 Å². The van der Waals surface area contributed by atoms with Crippen LogP contribution in [-0.2, 0) is 0 Å². The zero-order valence-electron chi connectivity index (χ0n) is 11.1. The van der Waals surface area contributed by atoms with Crippen molar-refractivity contribution >= 4 is 0 Å². The van der Waals surface area contributed by atoms with Crippen molar-refractivity contribution in [1.29, 1.82) is 0 Å². The molecular formula is C16H17F2N. The summed E-state index contributed by atoms with van der Waals surface area (Å²) in [7, 11) is 0. The van der Waals surface area contributed by atoms with E-state index < -0.39 is 6.04 Å². The molecule has 2 rings (SSSR count). The first-order chi connectivity index (χ1) is 9.13. The predicted molar refractivity (Wildman–Crippen MR) is 73.1 cm³/mol. The largest absolute Gasteiger partial charge is 0.306 e. The smallest absolute Gasteiger partial charge is 0.128 e. The number of halogens is 2. The molecule has 2 aromatic carbocycles. The molecule has 1 nitrogen and oxygen atoms in total. The molecule has 0 aliphatic heterocycles. The summed E-state index contributed by atoms with van der Waals surface area (Å²) in [5, 5.41) is 3.14. The molecule has 3 heteroatoms. The van der Waals surface area contributed by atoms with Crippen LogP contribution < -0.4 is 5.32 Å². The van der Waals surface area contributed by atoms with Crippen LogP contribution in [0.1, 0.15) is 29.7 Å². The molecule has 0 saturated heterocycles. The lowest BCUT2D eigenvalue weighted by Crippen LogP contribution is -2.24. The van der Waals surface area contributed by atoms with Crippen molar-refractivity contribution in [3.63, 3.8) is 0 Å². The van der Waals surface area contributed by atoms with Gasteiger partial charge in [-0.15, -0.1) is 0 Å². The third kappa shape index (κ3) is 2.99. The lowest BCUT2D eigenvalue weighted by atomic mass is 9.96. The van der Waals surface area contributed by atoms with Crippen molar-refractivity contribution in [3.8, 4) is 0 Å². The van der Waals surface area contributed by atoms with Crippen molar-refractivity contribution < 1.29 is 8.78 Å². The van der Waals surface area contributed by atoms with Crippen LogP contribution in [-0.4, -0.2) is 6.54 Å². The van der Waals surface area contributed by atoms with Crippen LogP contribution in [0, 0.1) is 18.6 Å². The van der Waals surface area contributed by atoms with Gasteiger partial charge in [0.05, 0.1) is 6.04 Å². The van der Waals surface area contributed by atoms with Gasteiger partial charge >= 0.3 is 0 Å². The molecule has 100 valence electrons. The average Bonchev–Trinajstić information content (AvgIpc) is 2.38. The second-order valence-corrected chi connectivity index (χ2v) is 4.54. The number of hydrogen-bond donors (Lipinski definition) is 1. The van der Waals surface area contributed by atoms with E-state index in [0.29, 0.717) is 17.7 Å². The molecule has 1 N–H and O–H groups in total. The first-order valence-electron chi connectivity index (χ1n) is 6.37.